The average molecular weight is 379 g/mol. The number of thiazole rings is 1. The lowest BCUT2D eigenvalue weighted by Gasteiger charge is -2.04. The zero-order chi connectivity index (χ0) is 18.8. The van der Waals surface area contributed by atoms with Crippen LogP contribution in [0.15, 0.2) is 53.1 Å². The molecule has 0 aliphatic carbocycles. The van der Waals surface area contributed by atoms with Crippen LogP contribution in [-0.4, -0.2) is 16.0 Å². The maximum absolute atomic E-state index is 12.3. The first-order valence-electron chi connectivity index (χ1n) is 8.43. The molecule has 4 aromatic rings. The lowest BCUT2D eigenvalue weighted by atomic mass is 10.1. The molecule has 1 amide bonds. The number of benzene rings is 2. The van der Waals surface area contributed by atoms with E-state index in [9.17, 15) is 4.79 Å². The summed E-state index contributed by atoms with van der Waals surface area (Å²) in [6.45, 7) is 3.62. The van der Waals surface area contributed by atoms with E-state index < -0.39 is 0 Å². The normalized spacial score (nSPS) is 10.9. The number of carbonyl (C=O) groups is 1. The summed E-state index contributed by atoms with van der Waals surface area (Å²) in [5, 5.41) is 7.28. The highest BCUT2D eigenvalue weighted by Crippen LogP contribution is 2.31. The predicted molar refractivity (Wildman–Crippen MR) is 104 cm³/mol. The lowest BCUT2D eigenvalue weighted by Crippen LogP contribution is -2.14. The first-order valence-corrected chi connectivity index (χ1v) is 9.25. The van der Waals surface area contributed by atoms with Crippen molar-refractivity contribution in [3.05, 3.63) is 65.5 Å². The Balaban J connectivity index is 1.49. The topological polar surface area (TPSA) is 77.3 Å². The highest BCUT2D eigenvalue weighted by atomic mass is 32.1. The number of para-hydroxylation sites is 1. The fraction of sp³-hybridized carbons (Fsp3) is 0.150. The van der Waals surface area contributed by atoms with E-state index in [4.69, 9.17) is 9.26 Å². The first kappa shape index (κ1) is 17.2. The van der Waals surface area contributed by atoms with Crippen molar-refractivity contribution in [2.45, 2.75) is 20.3 Å². The number of carbonyl (C=O) groups excluding carboxylic acids is 1. The van der Waals surface area contributed by atoms with E-state index in [-0.39, 0.29) is 12.3 Å². The van der Waals surface area contributed by atoms with Gasteiger partial charge < -0.3 is 14.6 Å². The van der Waals surface area contributed by atoms with Gasteiger partial charge in [0.1, 0.15) is 17.3 Å². The molecule has 0 saturated carbocycles. The molecule has 0 radical (unpaired) electrons. The highest BCUT2D eigenvalue weighted by molar-refractivity contribution is 7.22. The quantitative estimate of drug-likeness (QED) is 0.535. The van der Waals surface area contributed by atoms with Crippen molar-refractivity contribution in [1.82, 2.24) is 10.1 Å². The van der Waals surface area contributed by atoms with Gasteiger partial charge in [0, 0.05) is 11.6 Å². The molecule has 27 heavy (non-hydrogen) atoms. The summed E-state index contributed by atoms with van der Waals surface area (Å²) in [7, 11) is 0. The Kier molecular flexibility index (Phi) is 4.60. The van der Waals surface area contributed by atoms with Crippen molar-refractivity contribution in [3.63, 3.8) is 0 Å². The van der Waals surface area contributed by atoms with Gasteiger partial charge in [0.25, 0.3) is 0 Å². The molecule has 0 aliphatic heterocycles. The van der Waals surface area contributed by atoms with Crippen LogP contribution in [0, 0.1) is 13.8 Å². The fourth-order valence-electron chi connectivity index (χ4n) is 2.72. The third kappa shape index (κ3) is 3.83. The van der Waals surface area contributed by atoms with Crippen molar-refractivity contribution >= 4 is 32.6 Å². The number of hydrogen-bond acceptors (Lipinski definition) is 6. The second-order valence-corrected chi connectivity index (χ2v) is 7.12. The summed E-state index contributed by atoms with van der Waals surface area (Å²) in [5.41, 5.74) is 2.36. The van der Waals surface area contributed by atoms with Gasteiger partial charge in [-0.15, -0.1) is 0 Å². The second kappa shape index (κ2) is 7.20. The van der Waals surface area contributed by atoms with Gasteiger partial charge in [-0.1, -0.05) is 34.7 Å². The number of nitrogens with one attached hydrogen (secondary N) is 1. The number of anilines is 1. The predicted octanol–water partition coefficient (Wildman–Crippen LogP) is 4.87. The third-order valence-corrected chi connectivity index (χ3v) is 5.04. The van der Waals surface area contributed by atoms with Gasteiger partial charge in [-0.3, -0.25) is 4.79 Å². The summed E-state index contributed by atoms with van der Waals surface area (Å²) in [6.07, 6.45) is 0.208. The molecule has 0 aliphatic rings. The van der Waals surface area contributed by atoms with E-state index in [0.717, 1.165) is 33.0 Å². The Hall–Kier alpha value is -3.19. The smallest absolute Gasteiger partial charge is 0.230 e. The van der Waals surface area contributed by atoms with E-state index in [2.05, 4.69) is 15.5 Å². The number of ether oxygens (including phenoxy) is 1. The minimum Gasteiger partial charge on any atom is -0.457 e. The Morgan fingerprint density at radius 3 is 2.70 bits per heavy atom. The molecule has 0 saturated heterocycles. The molecule has 4 rings (SSSR count). The van der Waals surface area contributed by atoms with Crippen LogP contribution in [-0.2, 0) is 11.2 Å². The van der Waals surface area contributed by atoms with Crippen LogP contribution in [0.2, 0.25) is 0 Å². The molecule has 2 aromatic carbocycles. The fourth-order valence-corrected chi connectivity index (χ4v) is 3.64. The molecular weight excluding hydrogens is 362 g/mol. The van der Waals surface area contributed by atoms with Crippen molar-refractivity contribution in [3.8, 4) is 11.5 Å². The van der Waals surface area contributed by atoms with Gasteiger partial charge in [-0.25, -0.2) is 4.98 Å². The zero-order valence-electron chi connectivity index (χ0n) is 14.9. The number of hydrogen-bond donors (Lipinski definition) is 1. The van der Waals surface area contributed by atoms with Crippen LogP contribution >= 0.6 is 11.3 Å². The van der Waals surface area contributed by atoms with Gasteiger partial charge in [-0.05, 0) is 38.1 Å². The monoisotopic (exact) mass is 379 g/mol. The van der Waals surface area contributed by atoms with Gasteiger partial charge in [0.15, 0.2) is 5.13 Å². The number of aryl methyl sites for hydroxylation is 2. The van der Waals surface area contributed by atoms with E-state index >= 15 is 0 Å². The molecular formula is C20H17N3O3S. The van der Waals surface area contributed by atoms with E-state index in [1.807, 2.05) is 55.5 Å². The van der Waals surface area contributed by atoms with Crippen molar-refractivity contribution in [1.29, 1.82) is 0 Å². The Labute approximate surface area is 159 Å². The number of rotatable bonds is 5. The maximum Gasteiger partial charge on any atom is 0.230 e. The average Bonchev–Trinajstić information content (AvgIpc) is 3.19. The number of fused-ring (bicyclic) bond motifs is 1. The number of amides is 1. The van der Waals surface area contributed by atoms with E-state index in [1.165, 1.54) is 11.3 Å². The molecule has 0 unspecified atom stereocenters. The number of aromatic nitrogens is 2. The Morgan fingerprint density at radius 2 is 1.96 bits per heavy atom. The molecule has 0 fully saturated rings. The van der Waals surface area contributed by atoms with Gasteiger partial charge >= 0.3 is 0 Å². The lowest BCUT2D eigenvalue weighted by molar-refractivity contribution is -0.115. The zero-order valence-corrected chi connectivity index (χ0v) is 15.7. The third-order valence-electron chi connectivity index (χ3n) is 4.10. The second-order valence-electron chi connectivity index (χ2n) is 6.09. The number of nitrogens with zero attached hydrogens (tertiary/aromatic N) is 2. The largest absolute Gasteiger partial charge is 0.457 e. The molecule has 2 aromatic heterocycles. The van der Waals surface area contributed by atoms with E-state index in [0.29, 0.717) is 10.9 Å². The Morgan fingerprint density at radius 1 is 1.15 bits per heavy atom. The molecule has 0 spiro atoms. The summed E-state index contributed by atoms with van der Waals surface area (Å²) in [5.74, 6) is 2.01. The summed E-state index contributed by atoms with van der Waals surface area (Å²) >= 11 is 1.41. The molecule has 136 valence electrons. The highest BCUT2D eigenvalue weighted by Gasteiger charge is 2.15. The standard InChI is InChI=1S/C20H17N3O3S/c1-12-16(13(2)26-23-12)11-19(24)22-20-21-17-9-8-15(10-18(17)27-20)25-14-6-4-3-5-7-14/h3-10H,11H2,1-2H3,(H,21,22,24). The van der Waals surface area contributed by atoms with Crippen molar-refractivity contribution in [2.24, 2.45) is 0 Å². The Bertz CT molecular complexity index is 1080. The van der Waals surface area contributed by atoms with Crippen LogP contribution in [0.1, 0.15) is 17.0 Å². The van der Waals surface area contributed by atoms with Crippen LogP contribution in [0.3, 0.4) is 0 Å². The van der Waals surface area contributed by atoms with Crippen LogP contribution in [0.5, 0.6) is 11.5 Å². The van der Waals surface area contributed by atoms with Gasteiger partial charge in [0.05, 0.1) is 22.3 Å². The van der Waals surface area contributed by atoms with Gasteiger partial charge in [-0.2, -0.15) is 0 Å². The van der Waals surface area contributed by atoms with Crippen molar-refractivity contribution < 1.29 is 14.1 Å². The maximum atomic E-state index is 12.3. The SMILES string of the molecule is Cc1noc(C)c1CC(=O)Nc1nc2ccc(Oc3ccccc3)cc2s1. The van der Waals surface area contributed by atoms with E-state index in [1.54, 1.807) is 6.92 Å². The summed E-state index contributed by atoms with van der Waals surface area (Å²) in [4.78, 5) is 16.8. The molecule has 1 N–H and O–H groups in total. The molecule has 0 bridgehead atoms. The van der Waals surface area contributed by atoms with Crippen molar-refractivity contribution in [2.75, 3.05) is 5.32 Å². The van der Waals surface area contributed by atoms with Crippen LogP contribution in [0.4, 0.5) is 5.13 Å². The molecule has 0 atom stereocenters. The molecule has 6 nitrogen and oxygen atoms in total. The van der Waals surface area contributed by atoms with Crippen LogP contribution < -0.4 is 10.1 Å². The summed E-state index contributed by atoms with van der Waals surface area (Å²) in [6, 6.07) is 15.3. The summed E-state index contributed by atoms with van der Waals surface area (Å²) < 4.78 is 11.9. The van der Waals surface area contributed by atoms with Gasteiger partial charge in [0.2, 0.25) is 5.91 Å². The van der Waals surface area contributed by atoms with Crippen LogP contribution in [0.25, 0.3) is 10.2 Å². The minimum atomic E-state index is -0.149. The molecule has 7 heteroatoms. The minimum absolute atomic E-state index is 0.149. The first-order chi connectivity index (χ1) is 13.1. The molecule has 2 heterocycles.